The van der Waals surface area contributed by atoms with Crippen molar-refractivity contribution >= 4 is 5.97 Å². The molecule has 2 N–H and O–H groups in total. The second kappa shape index (κ2) is 5.19. The smallest absolute Gasteiger partial charge is 0.307 e. The van der Waals surface area contributed by atoms with E-state index in [4.69, 9.17) is 15.2 Å². The van der Waals surface area contributed by atoms with Crippen LogP contribution in [0.1, 0.15) is 19.8 Å². The highest BCUT2D eigenvalue weighted by atomic mass is 16.5. The number of esters is 1. The van der Waals surface area contributed by atoms with Crippen molar-refractivity contribution in [3.05, 3.63) is 0 Å². The van der Waals surface area contributed by atoms with Crippen LogP contribution in [-0.4, -0.2) is 31.8 Å². The SMILES string of the molecule is CC(N)CC(=O)OCC1CCOC1. The lowest BCUT2D eigenvalue weighted by molar-refractivity contribution is -0.145. The van der Waals surface area contributed by atoms with E-state index < -0.39 is 0 Å². The maximum atomic E-state index is 11.1. The van der Waals surface area contributed by atoms with Gasteiger partial charge in [-0.1, -0.05) is 0 Å². The van der Waals surface area contributed by atoms with E-state index >= 15 is 0 Å². The van der Waals surface area contributed by atoms with Gasteiger partial charge in [0.05, 0.1) is 19.6 Å². The Labute approximate surface area is 78.4 Å². The molecule has 0 radical (unpaired) electrons. The van der Waals surface area contributed by atoms with Gasteiger partial charge in [0.15, 0.2) is 0 Å². The van der Waals surface area contributed by atoms with E-state index in [1.807, 2.05) is 0 Å². The number of carbonyl (C=O) groups is 1. The Bertz CT molecular complexity index is 164. The topological polar surface area (TPSA) is 61.6 Å². The Morgan fingerprint density at radius 1 is 1.77 bits per heavy atom. The Balaban J connectivity index is 2.07. The van der Waals surface area contributed by atoms with Crippen molar-refractivity contribution in [2.75, 3.05) is 19.8 Å². The predicted molar refractivity (Wildman–Crippen MR) is 48.2 cm³/mol. The third-order valence-corrected chi connectivity index (χ3v) is 1.99. The summed E-state index contributed by atoms with van der Waals surface area (Å²) in [6.45, 7) is 3.77. The van der Waals surface area contributed by atoms with Crippen LogP contribution in [0.4, 0.5) is 0 Å². The van der Waals surface area contributed by atoms with E-state index in [9.17, 15) is 4.79 Å². The van der Waals surface area contributed by atoms with Crippen LogP contribution in [0.5, 0.6) is 0 Å². The van der Waals surface area contributed by atoms with Crippen LogP contribution in [0.25, 0.3) is 0 Å². The van der Waals surface area contributed by atoms with Crippen LogP contribution < -0.4 is 5.73 Å². The van der Waals surface area contributed by atoms with Crippen LogP contribution in [0, 0.1) is 5.92 Å². The summed E-state index contributed by atoms with van der Waals surface area (Å²) in [5.41, 5.74) is 5.45. The molecule has 0 aliphatic carbocycles. The average molecular weight is 187 g/mol. The summed E-state index contributed by atoms with van der Waals surface area (Å²) in [5.74, 6) is 0.180. The van der Waals surface area contributed by atoms with Crippen molar-refractivity contribution in [2.24, 2.45) is 11.7 Å². The summed E-state index contributed by atoms with van der Waals surface area (Å²) in [6, 6.07) is -0.118. The molecule has 0 aromatic rings. The molecule has 13 heavy (non-hydrogen) atoms. The molecule has 4 heteroatoms. The predicted octanol–water partition coefficient (Wildman–Crippen LogP) is 0.303. The van der Waals surface area contributed by atoms with Gasteiger partial charge < -0.3 is 15.2 Å². The van der Waals surface area contributed by atoms with E-state index in [2.05, 4.69) is 0 Å². The third-order valence-electron chi connectivity index (χ3n) is 1.99. The molecule has 0 aromatic carbocycles. The number of carbonyl (C=O) groups excluding carboxylic acids is 1. The largest absolute Gasteiger partial charge is 0.465 e. The first-order valence-corrected chi connectivity index (χ1v) is 4.67. The van der Waals surface area contributed by atoms with E-state index in [1.165, 1.54) is 0 Å². The standard InChI is InChI=1S/C9H17NO3/c1-7(10)4-9(11)13-6-8-2-3-12-5-8/h7-8H,2-6,10H2,1H3. The van der Waals surface area contributed by atoms with Gasteiger partial charge in [0, 0.05) is 18.6 Å². The quantitative estimate of drug-likeness (QED) is 0.643. The van der Waals surface area contributed by atoms with Crippen molar-refractivity contribution in [3.63, 3.8) is 0 Å². The second-order valence-electron chi connectivity index (χ2n) is 3.59. The molecule has 2 atom stereocenters. The molecule has 2 unspecified atom stereocenters. The van der Waals surface area contributed by atoms with Crippen molar-refractivity contribution in [2.45, 2.75) is 25.8 Å². The molecule has 1 saturated heterocycles. The number of hydrogen-bond acceptors (Lipinski definition) is 4. The normalized spacial score (nSPS) is 24.3. The Morgan fingerprint density at radius 2 is 2.54 bits per heavy atom. The van der Waals surface area contributed by atoms with Crippen LogP contribution in [0.3, 0.4) is 0 Å². The molecule has 0 amide bonds. The molecule has 0 spiro atoms. The maximum absolute atomic E-state index is 11.1. The van der Waals surface area contributed by atoms with Crippen molar-refractivity contribution in [3.8, 4) is 0 Å². The van der Waals surface area contributed by atoms with Crippen molar-refractivity contribution in [1.29, 1.82) is 0 Å². The molecule has 76 valence electrons. The van der Waals surface area contributed by atoms with Gasteiger partial charge in [-0.2, -0.15) is 0 Å². The molecular formula is C9H17NO3. The molecule has 4 nitrogen and oxygen atoms in total. The minimum atomic E-state index is -0.207. The van der Waals surface area contributed by atoms with Crippen molar-refractivity contribution in [1.82, 2.24) is 0 Å². The average Bonchev–Trinajstić information content (AvgIpc) is 2.51. The van der Waals surface area contributed by atoms with Crippen LogP contribution in [0.15, 0.2) is 0 Å². The summed E-state index contributed by atoms with van der Waals surface area (Å²) in [7, 11) is 0. The molecule has 0 aromatic heterocycles. The molecule has 1 aliphatic rings. The summed E-state index contributed by atoms with van der Waals surface area (Å²) in [6.07, 6.45) is 1.29. The molecule has 0 saturated carbocycles. The number of rotatable bonds is 4. The first kappa shape index (κ1) is 10.5. The second-order valence-corrected chi connectivity index (χ2v) is 3.59. The Morgan fingerprint density at radius 3 is 3.08 bits per heavy atom. The fourth-order valence-electron chi connectivity index (χ4n) is 1.25. The highest BCUT2D eigenvalue weighted by Gasteiger charge is 2.17. The molecule has 1 heterocycles. The fourth-order valence-corrected chi connectivity index (χ4v) is 1.25. The van der Waals surface area contributed by atoms with Crippen LogP contribution in [0.2, 0.25) is 0 Å². The third kappa shape index (κ3) is 4.24. The molecule has 0 bridgehead atoms. The first-order chi connectivity index (χ1) is 6.18. The molecule has 1 fully saturated rings. The number of ether oxygens (including phenoxy) is 2. The minimum absolute atomic E-state index is 0.118. The lowest BCUT2D eigenvalue weighted by Crippen LogP contribution is -2.23. The van der Waals surface area contributed by atoms with Gasteiger partial charge in [-0.05, 0) is 13.3 Å². The van der Waals surface area contributed by atoms with Gasteiger partial charge in [-0.25, -0.2) is 0 Å². The van der Waals surface area contributed by atoms with Gasteiger partial charge >= 0.3 is 5.97 Å². The van der Waals surface area contributed by atoms with Crippen molar-refractivity contribution < 1.29 is 14.3 Å². The summed E-state index contributed by atoms with van der Waals surface area (Å²) in [4.78, 5) is 11.1. The molecule has 1 rings (SSSR count). The lowest BCUT2D eigenvalue weighted by atomic mass is 10.1. The fraction of sp³-hybridized carbons (Fsp3) is 0.889. The number of nitrogens with two attached hydrogens (primary N) is 1. The Hall–Kier alpha value is -0.610. The maximum Gasteiger partial charge on any atom is 0.307 e. The van der Waals surface area contributed by atoms with Gasteiger partial charge in [0.25, 0.3) is 0 Å². The highest BCUT2D eigenvalue weighted by molar-refractivity contribution is 5.69. The summed E-state index contributed by atoms with van der Waals surface area (Å²) < 4.78 is 10.2. The van der Waals surface area contributed by atoms with Crippen LogP contribution >= 0.6 is 0 Å². The van der Waals surface area contributed by atoms with E-state index in [-0.39, 0.29) is 12.0 Å². The Kier molecular flexibility index (Phi) is 4.18. The van der Waals surface area contributed by atoms with Gasteiger partial charge in [-0.3, -0.25) is 4.79 Å². The zero-order valence-electron chi connectivity index (χ0n) is 7.99. The van der Waals surface area contributed by atoms with Crippen LogP contribution in [-0.2, 0) is 14.3 Å². The van der Waals surface area contributed by atoms with Gasteiger partial charge in [0.2, 0.25) is 0 Å². The minimum Gasteiger partial charge on any atom is -0.465 e. The lowest BCUT2D eigenvalue weighted by Gasteiger charge is -2.09. The summed E-state index contributed by atoms with van der Waals surface area (Å²) >= 11 is 0. The van der Waals surface area contributed by atoms with Gasteiger partial charge in [-0.15, -0.1) is 0 Å². The molecular weight excluding hydrogens is 170 g/mol. The van der Waals surface area contributed by atoms with Gasteiger partial charge in [0.1, 0.15) is 0 Å². The highest BCUT2D eigenvalue weighted by Crippen LogP contribution is 2.12. The zero-order chi connectivity index (χ0) is 9.68. The van der Waals surface area contributed by atoms with E-state index in [1.54, 1.807) is 6.92 Å². The zero-order valence-corrected chi connectivity index (χ0v) is 7.99. The number of hydrogen-bond donors (Lipinski definition) is 1. The first-order valence-electron chi connectivity index (χ1n) is 4.67. The summed E-state index contributed by atoms with van der Waals surface area (Å²) in [5, 5.41) is 0. The molecule has 1 aliphatic heterocycles. The van der Waals surface area contributed by atoms with E-state index in [0.29, 0.717) is 25.6 Å². The monoisotopic (exact) mass is 187 g/mol. The van der Waals surface area contributed by atoms with E-state index in [0.717, 1.165) is 13.0 Å².